The van der Waals surface area contributed by atoms with Crippen LogP contribution in [-0.2, 0) is 6.54 Å². The predicted octanol–water partition coefficient (Wildman–Crippen LogP) is 6.39. The van der Waals surface area contributed by atoms with Crippen LogP contribution >= 0.6 is 11.6 Å². The molecule has 1 fully saturated rings. The zero-order valence-corrected chi connectivity index (χ0v) is 17.2. The topological polar surface area (TPSA) is 73.8 Å². The Morgan fingerprint density at radius 3 is 2.63 bits per heavy atom. The lowest BCUT2D eigenvalue weighted by Gasteiger charge is -2.23. The number of aromatic nitrogens is 3. The van der Waals surface area contributed by atoms with Crippen LogP contribution in [0.4, 0.5) is 5.69 Å². The van der Waals surface area contributed by atoms with Gasteiger partial charge in [0.1, 0.15) is 5.82 Å². The van der Waals surface area contributed by atoms with E-state index < -0.39 is 0 Å². The molecule has 2 aromatic carbocycles. The average Bonchev–Trinajstić information content (AvgIpc) is 3.13. The molecule has 2 aromatic heterocycles. The summed E-state index contributed by atoms with van der Waals surface area (Å²) in [5.41, 5.74) is 3.40. The zero-order chi connectivity index (χ0) is 20.7. The van der Waals surface area contributed by atoms with Crippen molar-refractivity contribution in [2.24, 2.45) is 5.92 Å². The lowest BCUT2D eigenvalue weighted by atomic mass is 9.89. The van der Waals surface area contributed by atoms with E-state index in [1.54, 1.807) is 18.3 Å². The Labute approximate surface area is 178 Å². The number of nitrogens with zero attached hydrogens (tertiary/aromatic N) is 4. The van der Waals surface area contributed by atoms with Gasteiger partial charge < -0.3 is 4.57 Å². The number of benzene rings is 2. The van der Waals surface area contributed by atoms with Crippen molar-refractivity contribution in [1.82, 2.24) is 14.5 Å². The summed E-state index contributed by atoms with van der Waals surface area (Å²) in [6.45, 7) is 0.834. The van der Waals surface area contributed by atoms with Gasteiger partial charge in [0, 0.05) is 35.8 Å². The molecule has 6 nitrogen and oxygen atoms in total. The molecule has 0 N–H and O–H groups in total. The molecule has 0 atom stereocenters. The number of rotatable bonds is 4. The largest absolute Gasteiger partial charge is 0.322 e. The number of imidazole rings is 1. The van der Waals surface area contributed by atoms with E-state index in [2.05, 4.69) is 9.55 Å². The number of non-ortho nitro benzene ring substituents is 1. The van der Waals surface area contributed by atoms with E-state index in [-0.39, 0.29) is 10.6 Å². The van der Waals surface area contributed by atoms with Gasteiger partial charge in [-0.05, 0) is 43.0 Å². The second kappa shape index (κ2) is 7.69. The molecular weight excluding hydrogens is 400 g/mol. The van der Waals surface area contributed by atoms with Gasteiger partial charge in [0.05, 0.1) is 26.5 Å². The lowest BCUT2D eigenvalue weighted by Crippen LogP contribution is -2.15. The van der Waals surface area contributed by atoms with E-state index in [9.17, 15) is 10.1 Å². The Morgan fingerprint density at radius 1 is 1.13 bits per heavy atom. The molecule has 0 spiro atoms. The zero-order valence-electron chi connectivity index (χ0n) is 16.4. The molecule has 1 aliphatic carbocycles. The van der Waals surface area contributed by atoms with Crippen LogP contribution in [0.3, 0.4) is 0 Å². The molecule has 2 heterocycles. The number of hydrogen-bond acceptors (Lipinski definition) is 4. The van der Waals surface area contributed by atoms with Gasteiger partial charge in [0.25, 0.3) is 5.69 Å². The minimum atomic E-state index is -0.385. The van der Waals surface area contributed by atoms with Crippen LogP contribution in [0.25, 0.3) is 33.3 Å². The van der Waals surface area contributed by atoms with E-state index in [0.29, 0.717) is 10.9 Å². The number of nitro benzene ring substituents is 1. The summed E-state index contributed by atoms with van der Waals surface area (Å²) in [5, 5.41) is 12.6. The number of nitro groups is 1. The Morgan fingerprint density at radius 2 is 1.90 bits per heavy atom. The molecule has 7 heteroatoms. The van der Waals surface area contributed by atoms with Crippen LogP contribution in [-0.4, -0.2) is 19.5 Å². The third-order valence-electron chi connectivity index (χ3n) is 6.04. The second-order valence-corrected chi connectivity index (χ2v) is 8.37. The Hall–Kier alpha value is -2.99. The maximum absolute atomic E-state index is 11.1. The summed E-state index contributed by atoms with van der Waals surface area (Å²) < 4.78 is 2.20. The highest BCUT2D eigenvalue weighted by Gasteiger charge is 2.22. The van der Waals surface area contributed by atoms with Crippen LogP contribution in [0.15, 0.2) is 48.7 Å². The summed E-state index contributed by atoms with van der Waals surface area (Å²) in [6.07, 6.45) is 7.95. The molecule has 0 unspecified atom stereocenters. The van der Waals surface area contributed by atoms with Crippen LogP contribution in [0.5, 0.6) is 0 Å². The number of pyridine rings is 1. The van der Waals surface area contributed by atoms with Crippen molar-refractivity contribution in [2.45, 2.75) is 38.6 Å². The van der Waals surface area contributed by atoms with Crippen LogP contribution in [0.2, 0.25) is 5.02 Å². The van der Waals surface area contributed by atoms with Crippen molar-refractivity contribution >= 4 is 39.2 Å². The molecule has 30 heavy (non-hydrogen) atoms. The van der Waals surface area contributed by atoms with E-state index >= 15 is 0 Å². The second-order valence-electron chi connectivity index (χ2n) is 7.99. The van der Waals surface area contributed by atoms with Gasteiger partial charge in [-0.25, -0.2) is 4.98 Å². The summed E-state index contributed by atoms with van der Waals surface area (Å²) in [5.74, 6) is 1.37. The molecule has 0 bridgehead atoms. The smallest absolute Gasteiger partial charge is 0.269 e. The first kappa shape index (κ1) is 19.0. The molecule has 0 radical (unpaired) electrons. The Kier molecular flexibility index (Phi) is 4.87. The average molecular weight is 421 g/mol. The molecule has 1 aliphatic rings. The monoisotopic (exact) mass is 420 g/mol. The first-order valence-corrected chi connectivity index (χ1v) is 10.7. The maximum Gasteiger partial charge on any atom is 0.269 e. The van der Waals surface area contributed by atoms with E-state index in [0.717, 1.165) is 39.9 Å². The number of halogens is 1. The van der Waals surface area contributed by atoms with Crippen molar-refractivity contribution in [3.63, 3.8) is 0 Å². The van der Waals surface area contributed by atoms with Crippen LogP contribution in [0, 0.1) is 16.0 Å². The summed E-state index contributed by atoms with van der Waals surface area (Å²) in [6, 6.07) is 12.5. The highest BCUT2D eigenvalue weighted by Crippen LogP contribution is 2.37. The fourth-order valence-corrected chi connectivity index (χ4v) is 4.90. The minimum Gasteiger partial charge on any atom is -0.322 e. The molecule has 0 amide bonds. The third-order valence-corrected chi connectivity index (χ3v) is 6.40. The summed E-state index contributed by atoms with van der Waals surface area (Å²) in [7, 11) is 0. The van der Waals surface area contributed by atoms with Crippen LogP contribution in [0.1, 0.15) is 32.1 Å². The molecule has 152 valence electrons. The van der Waals surface area contributed by atoms with Gasteiger partial charge in [0.15, 0.2) is 0 Å². The first-order chi connectivity index (χ1) is 14.6. The third kappa shape index (κ3) is 3.31. The van der Waals surface area contributed by atoms with Crippen molar-refractivity contribution < 1.29 is 4.92 Å². The van der Waals surface area contributed by atoms with Crippen molar-refractivity contribution in [2.75, 3.05) is 0 Å². The van der Waals surface area contributed by atoms with Gasteiger partial charge in [-0.3, -0.25) is 15.1 Å². The summed E-state index contributed by atoms with van der Waals surface area (Å²) >= 11 is 6.85. The fourth-order valence-electron chi connectivity index (χ4n) is 4.54. The molecular formula is C23H21ClN4O2. The number of hydrogen-bond donors (Lipinski definition) is 0. The highest BCUT2D eigenvalue weighted by atomic mass is 35.5. The predicted molar refractivity (Wildman–Crippen MR) is 119 cm³/mol. The maximum atomic E-state index is 11.1. The first-order valence-electron chi connectivity index (χ1n) is 10.3. The fraction of sp³-hybridized carbons (Fsp3) is 0.304. The molecule has 0 saturated heterocycles. The van der Waals surface area contributed by atoms with E-state index in [4.69, 9.17) is 16.6 Å². The van der Waals surface area contributed by atoms with Gasteiger partial charge in [0.2, 0.25) is 0 Å². The van der Waals surface area contributed by atoms with Gasteiger partial charge in [-0.2, -0.15) is 0 Å². The van der Waals surface area contributed by atoms with Gasteiger partial charge in [-0.15, -0.1) is 0 Å². The van der Waals surface area contributed by atoms with Crippen molar-refractivity contribution in [3.8, 4) is 11.4 Å². The van der Waals surface area contributed by atoms with E-state index in [1.807, 2.05) is 18.2 Å². The quantitative estimate of drug-likeness (QED) is 0.283. The Bertz CT molecular complexity index is 1240. The minimum absolute atomic E-state index is 0.0710. The molecule has 4 aromatic rings. The van der Waals surface area contributed by atoms with Crippen molar-refractivity contribution in [1.29, 1.82) is 0 Å². The summed E-state index contributed by atoms with van der Waals surface area (Å²) in [4.78, 5) is 20.1. The van der Waals surface area contributed by atoms with Gasteiger partial charge >= 0.3 is 0 Å². The van der Waals surface area contributed by atoms with Crippen LogP contribution < -0.4 is 0 Å². The van der Waals surface area contributed by atoms with Crippen molar-refractivity contribution in [3.05, 3.63) is 63.8 Å². The van der Waals surface area contributed by atoms with Gasteiger partial charge in [-0.1, -0.05) is 36.9 Å². The molecule has 1 saturated carbocycles. The Balaban J connectivity index is 1.71. The van der Waals surface area contributed by atoms with E-state index in [1.165, 1.54) is 44.2 Å². The lowest BCUT2D eigenvalue weighted by molar-refractivity contribution is -0.384. The standard InChI is InChI=1S/C23H21ClN4O2/c24-20-21-17(7-4-12-25-21)13-19-22(20)27(14-15-5-2-1-3-6-15)23(26-19)16-8-10-18(11-9-16)28(29)30/h4,7-13,15H,1-3,5-6,14H2. The molecule has 5 rings (SSSR count). The number of fused-ring (bicyclic) bond motifs is 2. The molecule has 0 aliphatic heterocycles. The highest BCUT2D eigenvalue weighted by molar-refractivity contribution is 6.39. The normalized spacial score (nSPS) is 15.1. The SMILES string of the molecule is O=[N+]([O-])c1ccc(-c2nc3cc4cccnc4c(Cl)c3n2CC2CCCCC2)cc1.